The molecule has 0 aromatic heterocycles. The number of hydrogen-bond acceptors (Lipinski definition) is 4. The molecule has 0 bridgehead atoms. The number of carbonyl (C=O) groups excluding carboxylic acids is 1. The highest BCUT2D eigenvalue weighted by Crippen LogP contribution is 2.44. The van der Waals surface area contributed by atoms with Gasteiger partial charge in [-0.05, 0) is 56.2 Å². The number of nitrogens with zero attached hydrogens (tertiary/aromatic N) is 2. The van der Waals surface area contributed by atoms with Gasteiger partial charge in [-0.1, -0.05) is 18.9 Å². The van der Waals surface area contributed by atoms with Gasteiger partial charge in [0.15, 0.2) is 17.5 Å². The van der Waals surface area contributed by atoms with Crippen LogP contribution in [-0.2, 0) is 10.2 Å². The zero-order valence-electron chi connectivity index (χ0n) is 19.6. The molecule has 2 heterocycles. The van der Waals surface area contributed by atoms with Crippen LogP contribution in [0.2, 0.25) is 0 Å². The molecule has 2 fully saturated rings. The molecule has 1 amide bonds. The van der Waals surface area contributed by atoms with E-state index in [1.165, 1.54) is 18.4 Å². The van der Waals surface area contributed by atoms with Crippen molar-refractivity contribution in [2.24, 2.45) is 10.9 Å². The number of carbonyl (C=O) groups is 1. The highest BCUT2D eigenvalue weighted by Gasteiger charge is 2.37. The first-order valence-electron chi connectivity index (χ1n) is 12.3. The first-order valence-corrected chi connectivity index (χ1v) is 12.3. The summed E-state index contributed by atoms with van der Waals surface area (Å²) in [5.74, 6) is 3.34. The van der Waals surface area contributed by atoms with Gasteiger partial charge in [0.2, 0.25) is 5.91 Å². The lowest BCUT2D eigenvalue weighted by Gasteiger charge is -2.35. The third kappa shape index (κ3) is 5.13. The Labute approximate surface area is 191 Å². The van der Waals surface area contributed by atoms with E-state index in [2.05, 4.69) is 40.7 Å². The Morgan fingerprint density at radius 3 is 2.56 bits per heavy atom. The largest absolute Gasteiger partial charge is 0.486 e. The normalized spacial score (nSPS) is 20.8. The van der Waals surface area contributed by atoms with Crippen LogP contribution in [0.4, 0.5) is 0 Å². The third-order valence-corrected chi connectivity index (χ3v) is 7.25. The fraction of sp³-hybridized carbons (Fsp3) is 0.680. The average molecular weight is 443 g/mol. The van der Waals surface area contributed by atoms with Crippen LogP contribution < -0.4 is 20.1 Å². The number of nitrogens with one attached hydrogen (secondary N) is 2. The predicted molar refractivity (Wildman–Crippen MR) is 127 cm³/mol. The number of benzene rings is 1. The summed E-state index contributed by atoms with van der Waals surface area (Å²) < 4.78 is 11.6. The molecule has 7 nitrogen and oxygen atoms in total. The van der Waals surface area contributed by atoms with Gasteiger partial charge < -0.3 is 25.0 Å². The quantitative estimate of drug-likeness (QED) is 0.523. The smallest absolute Gasteiger partial charge is 0.220 e. The predicted octanol–water partition coefficient (Wildman–Crippen LogP) is 3.08. The van der Waals surface area contributed by atoms with Crippen molar-refractivity contribution in [1.29, 1.82) is 0 Å². The van der Waals surface area contributed by atoms with Crippen molar-refractivity contribution in [3.05, 3.63) is 23.8 Å². The molecule has 0 spiro atoms. The number of rotatable bonds is 6. The lowest BCUT2D eigenvalue weighted by atomic mass is 9.78. The van der Waals surface area contributed by atoms with E-state index < -0.39 is 0 Å². The molecule has 3 aliphatic rings. The first-order chi connectivity index (χ1) is 15.6. The molecular formula is C25H38N4O3. The Hall–Kier alpha value is -2.44. The maximum absolute atomic E-state index is 11.7. The lowest BCUT2D eigenvalue weighted by Crippen LogP contribution is -2.46. The van der Waals surface area contributed by atoms with Gasteiger partial charge in [-0.2, -0.15) is 0 Å². The third-order valence-electron chi connectivity index (χ3n) is 7.25. The van der Waals surface area contributed by atoms with Gasteiger partial charge in [-0.3, -0.25) is 9.79 Å². The molecule has 176 valence electrons. The number of guanidine groups is 1. The van der Waals surface area contributed by atoms with Crippen molar-refractivity contribution in [3.8, 4) is 11.5 Å². The van der Waals surface area contributed by atoms with Crippen molar-refractivity contribution in [2.75, 3.05) is 46.4 Å². The number of likely N-dealkylation sites (tertiary alicyclic amines) is 1. The molecule has 0 atom stereocenters. The summed E-state index contributed by atoms with van der Waals surface area (Å²) >= 11 is 0. The zero-order chi connectivity index (χ0) is 22.4. The summed E-state index contributed by atoms with van der Waals surface area (Å²) in [4.78, 5) is 19.3. The Morgan fingerprint density at radius 2 is 1.88 bits per heavy atom. The van der Waals surface area contributed by atoms with Crippen LogP contribution in [0.3, 0.4) is 0 Å². The monoisotopic (exact) mass is 442 g/mol. The van der Waals surface area contributed by atoms with Crippen molar-refractivity contribution in [1.82, 2.24) is 15.5 Å². The van der Waals surface area contributed by atoms with Crippen LogP contribution >= 0.6 is 0 Å². The molecule has 1 aromatic carbocycles. The average Bonchev–Trinajstić information content (AvgIpc) is 3.32. The van der Waals surface area contributed by atoms with Gasteiger partial charge in [0.1, 0.15) is 13.2 Å². The molecule has 7 heteroatoms. The van der Waals surface area contributed by atoms with Crippen LogP contribution in [0.25, 0.3) is 0 Å². The molecular weight excluding hydrogens is 404 g/mol. The molecule has 1 aromatic rings. The molecule has 4 rings (SSSR count). The molecule has 1 saturated carbocycles. The Morgan fingerprint density at radius 1 is 1.16 bits per heavy atom. The molecule has 1 aliphatic carbocycles. The minimum Gasteiger partial charge on any atom is -0.486 e. The van der Waals surface area contributed by atoms with E-state index in [1.807, 2.05) is 0 Å². The summed E-state index contributed by atoms with van der Waals surface area (Å²) in [5.41, 5.74) is 1.39. The van der Waals surface area contributed by atoms with E-state index in [-0.39, 0.29) is 11.3 Å². The summed E-state index contributed by atoms with van der Waals surface area (Å²) in [6.07, 6.45) is 7.49. The molecule has 32 heavy (non-hydrogen) atoms. The Kier molecular flexibility index (Phi) is 7.43. The number of aliphatic imine (C=N–C) groups is 1. The van der Waals surface area contributed by atoms with Crippen LogP contribution in [0.15, 0.2) is 23.2 Å². The van der Waals surface area contributed by atoms with E-state index in [4.69, 9.17) is 14.5 Å². The fourth-order valence-electron chi connectivity index (χ4n) is 5.33. The second kappa shape index (κ2) is 10.5. The van der Waals surface area contributed by atoms with Crippen molar-refractivity contribution >= 4 is 11.9 Å². The van der Waals surface area contributed by atoms with Crippen molar-refractivity contribution in [2.45, 2.75) is 57.3 Å². The Balaban J connectivity index is 1.47. The molecule has 1 saturated heterocycles. The van der Waals surface area contributed by atoms with Crippen LogP contribution in [-0.4, -0.2) is 63.2 Å². The standard InChI is InChI=1S/C25H38N4O3/c1-3-27-24(29-12-8-19(9-13-29)16-23(30)26-2)28-18-25(10-4-5-11-25)20-6-7-21-22(17-20)32-15-14-31-21/h6-7,17,19H,3-5,8-16,18H2,1-2H3,(H,26,30)(H,27,28). The number of amides is 1. The molecule has 2 aliphatic heterocycles. The maximum atomic E-state index is 11.7. The van der Waals surface area contributed by atoms with Crippen molar-refractivity contribution in [3.63, 3.8) is 0 Å². The van der Waals surface area contributed by atoms with Gasteiger partial charge >= 0.3 is 0 Å². The van der Waals surface area contributed by atoms with Gasteiger partial charge in [0.25, 0.3) is 0 Å². The summed E-state index contributed by atoms with van der Waals surface area (Å²) in [7, 11) is 1.72. The van der Waals surface area contributed by atoms with Crippen molar-refractivity contribution < 1.29 is 14.3 Å². The highest BCUT2D eigenvalue weighted by atomic mass is 16.6. The van der Waals surface area contributed by atoms with Crippen LogP contribution in [0.5, 0.6) is 11.5 Å². The van der Waals surface area contributed by atoms with Gasteiger partial charge in [-0.15, -0.1) is 0 Å². The minimum atomic E-state index is 0.0635. The zero-order valence-corrected chi connectivity index (χ0v) is 19.6. The summed E-state index contributed by atoms with van der Waals surface area (Å²) in [5, 5.41) is 6.27. The number of ether oxygens (including phenoxy) is 2. The van der Waals surface area contributed by atoms with Gasteiger partial charge in [0, 0.05) is 38.5 Å². The van der Waals surface area contributed by atoms with E-state index >= 15 is 0 Å². The second-order valence-corrected chi connectivity index (χ2v) is 9.32. The van der Waals surface area contributed by atoms with E-state index in [9.17, 15) is 4.79 Å². The van der Waals surface area contributed by atoms with Crippen LogP contribution in [0.1, 0.15) is 57.4 Å². The summed E-state index contributed by atoms with van der Waals surface area (Å²) in [6, 6.07) is 6.47. The minimum absolute atomic E-state index is 0.0635. The van der Waals surface area contributed by atoms with Gasteiger partial charge in [-0.25, -0.2) is 0 Å². The maximum Gasteiger partial charge on any atom is 0.220 e. The number of fused-ring (bicyclic) bond motifs is 1. The Bertz CT molecular complexity index is 811. The SMILES string of the molecule is CCNC(=NCC1(c2ccc3c(c2)OCCO3)CCCC1)N1CCC(CC(=O)NC)CC1. The summed E-state index contributed by atoms with van der Waals surface area (Å²) in [6.45, 7) is 6.89. The molecule has 0 unspecified atom stereocenters. The van der Waals surface area contributed by atoms with E-state index in [1.54, 1.807) is 7.05 Å². The molecule has 2 N–H and O–H groups in total. The van der Waals surface area contributed by atoms with Crippen LogP contribution in [0, 0.1) is 5.92 Å². The number of hydrogen-bond donors (Lipinski definition) is 2. The van der Waals surface area contributed by atoms with E-state index in [0.717, 1.165) is 69.3 Å². The highest BCUT2D eigenvalue weighted by molar-refractivity contribution is 5.80. The first kappa shape index (κ1) is 22.7. The topological polar surface area (TPSA) is 75.2 Å². The van der Waals surface area contributed by atoms with Gasteiger partial charge in [0.05, 0.1) is 6.54 Å². The molecule has 0 radical (unpaired) electrons. The second-order valence-electron chi connectivity index (χ2n) is 9.32. The lowest BCUT2D eigenvalue weighted by molar-refractivity contribution is -0.121. The van der Waals surface area contributed by atoms with E-state index in [0.29, 0.717) is 25.6 Å². The number of piperidine rings is 1. The fourth-order valence-corrected chi connectivity index (χ4v) is 5.33.